The van der Waals surface area contributed by atoms with Crippen LogP contribution in [0.3, 0.4) is 0 Å². The van der Waals surface area contributed by atoms with E-state index in [1.54, 1.807) is 18.2 Å². The van der Waals surface area contributed by atoms with Gasteiger partial charge in [-0.25, -0.2) is 0 Å². The van der Waals surface area contributed by atoms with Crippen molar-refractivity contribution < 1.29 is 23.7 Å². The molecule has 0 unspecified atom stereocenters. The van der Waals surface area contributed by atoms with Crippen molar-refractivity contribution in [2.75, 3.05) is 52.7 Å². The Bertz CT molecular complexity index is 916. The predicted molar refractivity (Wildman–Crippen MR) is 119 cm³/mol. The second-order valence-corrected chi connectivity index (χ2v) is 7.60. The van der Waals surface area contributed by atoms with Crippen LogP contribution in [0, 0.1) is 0 Å². The molecule has 2 heterocycles. The Morgan fingerprint density at radius 1 is 1.03 bits per heavy atom. The average Bonchev–Trinajstić information content (AvgIpc) is 2.80. The van der Waals surface area contributed by atoms with E-state index in [0.29, 0.717) is 35.8 Å². The summed E-state index contributed by atoms with van der Waals surface area (Å²) in [6, 6.07) is 13.2. The van der Waals surface area contributed by atoms with Crippen LogP contribution in [0.4, 0.5) is 0 Å². The number of fused-ring (bicyclic) bond motifs is 1. The fourth-order valence-corrected chi connectivity index (χ4v) is 3.73. The molecule has 0 amide bonds. The maximum Gasteiger partial charge on any atom is 0.196 e. The van der Waals surface area contributed by atoms with E-state index >= 15 is 0 Å². The molecule has 2 aliphatic rings. The maximum absolute atomic E-state index is 12.8. The molecule has 1 saturated heterocycles. The third-order valence-electron chi connectivity index (χ3n) is 5.40. The van der Waals surface area contributed by atoms with Gasteiger partial charge in [-0.05, 0) is 49.2 Å². The van der Waals surface area contributed by atoms with Crippen LogP contribution in [0.25, 0.3) is 6.08 Å². The first-order chi connectivity index (χ1) is 15.2. The molecule has 0 N–H and O–H groups in total. The fraction of sp³-hybridized carbons (Fsp3) is 0.400. The number of hydrogen-bond acceptors (Lipinski definition) is 6. The molecule has 1 fully saturated rings. The lowest BCUT2D eigenvalue weighted by atomic mass is 9.98. The lowest BCUT2D eigenvalue weighted by Crippen LogP contribution is -2.37. The Labute approximate surface area is 183 Å². The molecule has 0 radical (unpaired) electrons. The summed E-state index contributed by atoms with van der Waals surface area (Å²) in [4.78, 5) is 15.2. The van der Waals surface area contributed by atoms with E-state index in [1.807, 2.05) is 37.3 Å². The van der Waals surface area contributed by atoms with Crippen molar-refractivity contribution in [3.05, 3.63) is 59.2 Å². The van der Waals surface area contributed by atoms with Gasteiger partial charge in [0, 0.05) is 31.3 Å². The highest BCUT2D eigenvalue weighted by Gasteiger charge is 2.23. The van der Waals surface area contributed by atoms with Crippen LogP contribution in [0.1, 0.15) is 29.3 Å². The number of Topliss-reactive ketones (excluding diaryl/α,β-unsaturated/α-hetero) is 1. The third kappa shape index (κ3) is 5.66. The quantitative estimate of drug-likeness (QED) is 0.475. The van der Waals surface area contributed by atoms with Crippen LogP contribution in [-0.4, -0.2) is 63.4 Å². The Balaban J connectivity index is 1.31. The van der Waals surface area contributed by atoms with E-state index in [9.17, 15) is 4.79 Å². The molecular weight excluding hydrogens is 394 g/mol. The first-order valence-electron chi connectivity index (χ1n) is 10.9. The SMILES string of the molecule is CCOc1ccc2c(c1)OC/C(=C\c1ccc(OCCCN3CCOCC3)cc1)C2=O. The van der Waals surface area contributed by atoms with Gasteiger partial charge in [0.1, 0.15) is 23.9 Å². The van der Waals surface area contributed by atoms with Crippen LogP contribution >= 0.6 is 0 Å². The summed E-state index contributed by atoms with van der Waals surface area (Å²) in [5.41, 5.74) is 2.15. The zero-order valence-corrected chi connectivity index (χ0v) is 18.0. The van der Waals surface area contributed by atoms with Crippen molar-refractivity contribution in [1.29, 1.82) is 0 Å². The first kappa shape index (κ1) is 21.4. The number of ketones is 1. The summed E-state index contributed by atoms with van der Waals surface area (Å²) in [5.74, 6) is 2.12. The number of carbonyl (C=O) groups is 1. The van der Waals surface area contributed by atoms with Gasteiger partial charge >= 0.3 is 0 Å². The zero-order chi connectivity index (χ0) is 21.5. The molecule has 0 saturated carbocycles. The number of ether oxygens (including phenoxy) is 4. The Morgan fingerprint density at radius 2 is 1.81 bits per heavy atom. The van der Waals surface area contributed by atoms with Crippen molar-refractivity contribution in [2.24, 2.45) is 0 Å². The van der Waals surface area contributed by atoms with Gasteiger partial charge in [-0.3, -0.25) is 9.69 Å². The molecule has 0 spiro atoms. The smallest absolute Gasteiger partial charge is 0.196 e. The number of carbonyl (C=O) groups excluding carboxylic acids is 1. The van der Waals surface area contributed by atoms with Gasteiger partial charge in [0.25, 0.3) is 0 Å². The number of rotatable bonds is 8. The molecule has 0 aliphatic carbocycles. The lowest BCUT2D eigenvalue weighted by Gasteiger charge is -2.26. The number of morpholine rings is 1. The standard InChI is InChI=1S/C25H29NO5/c1-2-29-22-8-9-23-24(17-22)31-18-20(25(23)27)16-19-4-6-21(7-5-19)30-13-3-10-26-11-14-28-15-12-26/h4-9,16-17H,2-3,10-15,18H2,1H3/b20-16+. The summed E-state index contributed by atoms with van der Waals surface area (Å²) in [7, 11) is 0. The van der Waals surface area contributed by atoms with Crippen molar-refractivity contribution in [2.45, 2.75) is 13.3 Å². The Hall–Kier alpha value is -2.83. The van der Waals surface area contributed by atoms with Gasteiger partial charge in [0.05, 0.1) is 32.0 Å². The van der Waals surface area contributed by atoms with Crippen molar-refractivity contribution in [1.82, 2.24) is 4.90 Å². The molecular formula is C25H29NO5. The fourth-order valence-electron chi connectivity index (χ4n) is 3.73. The topological polar surface area (TPSA) is 57.2 Å². The lowest BCUT2D eigenvalue weighted by molar-refractivity contribution is 0.0358. The van der Waals surface area contributed by atoms with Gasteiger partial charge < -0.3 is 18.9 Å². The summed E-state index contributed by atoms with van der Waals surface area (Å²) >= 11 is 0. The summed E-state index contributed by atoms with van der Waals surface area (Å²) in [5, 5.41) is 0. The van der Waals surface area contributed by atoms with Crippen LogP contribution in [0.2, 0.25) is 0 Å². The van der Waals surface area contributed by atoms with Gasteiger partial charge in [0.15, 0.2) is 5.78 Å². The molecule has 6 nitrogen and oxygen atoms in total. The predicted octanol–water partition coefficient (Wildman–Crippen LogP) is 3.85. The maximum atomic E-state index is 12.8. The van der Waals surface area contributed by atoms with Crippen molar-refractivity contribution in [3.63, 3.8) is 0 Å². The summed E-state index contributed by atoms with van der Waals surface area (Å²) in [6.07, 6.45) is 2.87. The normalized spacial score (nSPS) is 17.8. The number of nitrogens with zero attached hydrogens (tertiary/aromatic N) is 1. The van der Waals surface area contributed by atoms with E-state index in [2.05, 4.69) is 4.90 Å². The Morgan fingerprint density at radius 3 is 2.58 bits per heavy atom. The molecule has 31 heavy (non-hydrogen) atoms. The highest BCUT2D eigenvalue weighted by Crippen LogP contribution is 2.31. The molecule has 0 aromatic heterocycles. The van der Waals surface area contributed by atoms with Crippen LogP contribution < -0.4 is 14.2 Å². The largest absolute Gasteiger partial charge is 0.494 e. The van der Waals surface area contributed by atoms with E-state index in [4.69, 9.17) is 18.9 Å². The third-order valence-corrected chi connectivity index (χ3v) is 5.40. The molecule has 6 heteroatoms. The van der Waals surface area contributed by atoms with Crippen LogP contribution in [0.15, 0.2) is 48.0 Å². The number of benzene rings is 2. The highest BCUT2D eigenvalue weighted by molar-refractivity contribution is 6.14. The van der Waals surface area contributed by atoms with Crippen LogP contribution in [-0.2, 0) is 4.74 Å². The minimum Gasteiger partial charge on any atom is -0.494 e. The van der Waals surface area contributed by atoms with E-state index in [1.165, 1.54) is 0 Å². The zero-order valence-electron chi connectivity index (χ0n) is 18.0. The minimum absolute atomic E-state index is 0.00672. The molecule has 2 aromatic rings. The minimum atomic E-state index is -0.00672. The van der Waals surface area contributed by atoms with Crippen molar-refractivity contribution >= 4 is 11.9 Å². The van der Waals surface area contributed by atoms with Crippen LogP contribution in [0.5, 0.6) is 17.2 Å². The summed E-state index contributed by atoms with van der Waals surface area (Å²) < 4.78 is 22.5. The van der Waals surface area contributed by atoms with Gasteiger partial charge in [-0.1, -0.05) is 12.1 Å². The van der Waals surface area contributed by atoms with Gasteiger partial charge in [-0.2, -0.15) is 0 Å². The van der Waals surface area contributed by atoms with Gasteiger partial charge in [0.2, 0.25) is 0 Å². The molecule has 2 aromatic carbocycles. The van der Waals surface area contributed by atoms with Crippen molar-refractivity contribution in [3.8, 4) is 17.2 Å². The second kappa shape index (κ2) is 10.5. The van der Waals surface area contributed by atoms with E-state index in [-0.39, 0.29) is 12.4 Å². The Kier molecular flexibility index (Phi) is 7.22. The van der Waals surface area contributed by atoms with Gasteiger partial charge in [-0.15, -0.1) is 0 Å². The average molecular weight is 424 g/mol. The molecule has 0 atom stereocenters. The summed E-state index contributed by atoms with van der Waals surface area (Å²) in [6.45, 7) is 8.12. The molecule has 164 valence electrons. The highest BCUT2D eigenvalue weighted by atomic mass is 16.5. The molecule has 2 aliphatic heterocycles. The van der Waals surface area contributed by atoms with E-state index in [0.717, 1.165) is 50.6 Å². The second-order valence-electron chi connectivity index (χ2n) is 7.60. The number of hydrogen-bond donors (Lipinski definition) is 0. The first-order valence-corrected chi connectivity index (χ1v) is 10.9. The molecule has 4 rings (SSSR count). The molecule has 0 bridgehead atoms. The monoisotopic (exact) mass is 423 g/mol. The van der Waals surface area contributed by atoms with E-state index < -0.39 is 0 Å².